The van der Waals surface area contributed by atoms with E-state index in [9.17, 15) is 4.79 Å². The summed E-state index contributed by atoms with van der Waals surface area (Å²) in [5.41, 5.74) is 0. The largest absolute Gasteiger partial charge is 0.340 e. The van der Waals surface area contributed by atoms with Crippen molar-refractivity contribution in [2.24, 2.45) is 0 Å². The molecule has 25 heavy (non-hydrogen) atoms. The quantitative estimate of drug-likeness (QED) is 0.861. The molecule has 0 radical (unpaired) electrons. The van der Waals surface area contributed by atoms with Gasteiger partial charge in [-0.2, -0.15) is 4.98 Å². The monoisotopic (exact) mass is 364 g/mol. The second kappa shape index (κ2) is 8.37. The van der Waals surface area contributed by atoms with Crippen LogP contribution in [-0.2, 0) is 11.3 Å². The molecule has 0 atom stereocenters. The average Bonchev–Trinajstić information content (AvgIpc) is 2.86. The van der Waals surface area contributed by atoms with Crippen molar-refractivity contribution in [1.29, 1.82) is 0 Å². The molecule has 2 aromatic rings. The maximum atomic E-state index is 12.2. The van der Waals surface area contributed by atoms with E-state index < -0.39 is 0 Å². The molecule has 0 saturated carbocycles. The Kier molecular flexibility index (Phi) is 5.95. The number of aromatic nitrogens is 3. The average molecular weight is 365 g/mol. The van der Waals surface area contributed by atoms with Crippen LogP contribution in [0.15, 0.2) is 22.9 Å². The highest BCUT2D eigenvalue weighted by Crippen LogP contribution is 2.10. The van der Waals surface area contributed by atoms with Crippen LogP contribution in [0, 0.1) is 6.92 Å². The fourth-order valence-electron chi connectivity index (χ4n) is 2.78. The summed E-state index contributed by atoms with van der Waals surface area (Å²) >= 11 is 5.79. The van der Waals surface area contributed by atoms with E-state index in [1.54, 1.807) is 19.1 Å². The lowest BCUT2D eigenvalue weighted by atomic mass is 10.3. The molecule has 1 saturated heterocycles. The van der Waals surface area contributed by atoms with Gasteiger partial charge in [-0.1, -0.05) is 16.8 Å². The van der Waals surface area contributed by atoms with Crippen molar-refractivity contribution >= 4 is 23.3 Å². The number of hydrogen-bond donors (Lipinski definition) is 1. The van der Waals surface area contributed by atoms with Gasteiger partial charge in [0, 0.05) is 26.2 Å². The van der Waals surface area contributed by atoms with Crippen molar-refractivity contribution in [3.8, 4) is 0 Å². The van der Waals surface area contributed by atoms with E-state index in [4.69, 9.17) is 16.1 Å². The van der Waals surface area contributed by atoms with Gasteiger partial charge in [0.1, 0.15) is 5.82 Å². The smallest absolute Gasteiger partial charge is 0.239 e. The van der Waals surface area contributed by atoms with Crippen LogP contribution < -0.4 is 5.32 Å². The topological polar surface area (TPSA) is 87.4 Å². The number of pyridine rings is 1. The Morgan fingerprint density at radius 2 is 2.08 bits per heavy atom. The zero-order valence-corrected chi connectivity index (χ0v) is 14.9. The molecule has 0 aliphatic carbocycles. The molecule has 8 nitrogen and oxygen atoms in total. The van der Waals surface area contributed by atoms with Crippen LogP contribution in [-0.4, -0.2) is 63.6 Å². The molecule has 3 heterocycles. The molecule has 1 aliphatic rings. The molecule has 2 aromatic heterocycles. The second-order valence-corrected chi connectivity index (χ2v) is 6.48. The molecule has 0 spiro atoms. The molecule has 9 heteroatoms. The SMILES string of the molecule is Cc1nc(CN2CCCN(CC(=O)Nc3ccc(Cl)cn3)CC2)no1. The summed E-state index contributed by atoms with van der Waals surface area (Å²) < 4.78 is 5.01. The number of nitrogens with zero attached hydrogens (tertiary/aromatic N) is 5. The summed E-state index contributed by atoms with van der Waals surface area (Å²) in [6, 6.07) is 3.39. The van der Waals surface area contributed by atoms with Gasteiger partial charge in [-0.05, 0) is 31.6 Å². The molecule has 0 bridgehead atoms. The number of carbonyl (C=O) groups excluding carboxylic acids is 1. The number of carbonyl (C=O) groups is 1. The Hall–Kier alpha value is -2.03. The van der Waals surface area contributed by atoms with E-state index in [-0.39, 0.29) is 5.91 Å². The van der Waals surface area contributed by atoms with Crippen LogP contribution in [0.1, 0.15) is 18.1 Å². The predicted octanol–water partition coefficient (Wildman–Crippen LogP) is 1.57. The number of halogens is 1. The van der Waals surface area contributed by atoms with Crippen LogP contribution >= 0.6 is 11.6 Å². The van der Waals surface area contributed by atoms with E-state index >= 15 is 0 Å². The van der Waals surface area contributed by atoms with Gasteiger partial charge in [0.15, 0.2) is 5.82 Å². The van der Waals surface area contributed by atoms with E-state index in [0.29, 0.717) is 35.6 Å². The Morgan fingerprint density at radius 1 is 1.28 bits per heavy atom. The number of amides is 1. The van der Waals surface area contributed by atoms with Crippen molar-refractivity contribution in [3.05, 3.63) is 35.1 Å². The summed E-state index contributed by atoms with van der Waals surface area (Å²) in [5, 5.41) is 7.28. The molecule has 1 N–H and O–H groups in total. The highest BCUT2D eigenvalue weighted by molar-refractivity contribution is 6.30. The molecule has 0 aromatic carbocycles. The Morgan fingerprint density at radius 3 is 2.80 bits per heavy atom. The van der Waals surface area contributed by atoms with Crippen molar-refractivity contribution in [1.82, 2.24) is 24.9 Å². The van der Waals surface area contributed by atoms with Gasteiger partial charge in [0.05, 0.1) is 18.1 Å². The van der Waals surface area contributed by atoms with Crippen LogP contribution in [0.4, 0.5) is 5.82 Å². The second-order valence-electron chi connectivity index (χ2n) is 6.05. The maximum Gasteiger partial charge on any atom is 0.239 e. The van der Waals surface area contributed by atoms with Gasteiger partial charge < -0.3 is 9.84 Å². The molecule has 3 rings (SSSR count). The first-order valence-electron chi connectivity index (χ1n) is 8.24. The number of rotatable bonds is 5. The first-order valence-corrected chi connectivity index (χ1v) is 8.61. The molecular formula is C16H21ClN6O2. The molecule has 0 unspecified atom stereocenters. The summed E-state index contributed by atoms with van der Waals surface area (Å²) in [6.45, 7) is 6.31. The van der Waals surface area contributed by atoms with E-state index in [0.717, 1.165) is 32.6 Å². The maximum absolute atomic E-state index is 12.2. The highest BCUT2D eigenvalue weighted by Gasteiger charge is 2.18. The molecule has 1 amide bonds. The number of anilines is 1. The van der Waals surface area contributed by atoms with Gasteiger partial charge in [0.2, 0.25) is 11.8 Å². The first kappa shape index (κ1) is 17.8. The number of aryl methyl sites for hydroxylation is 1. The lowest BCUT2D eigenvalue weighted by molar-refractivity contribution is -0.117. The molecule has 1 fully saturated rings. The van der Waals surface area contributed by atoms with Gasteiger partial charge in [-0.15, -0.1) is 0 Å². The van der Waals surface area contributed by atoms with Crippen molar-refractivity contribution < 1.29 is 9.32 Å². The van der Waals surface area contributed by atoms with Crippen molar-refractivity contribution in [2.45, 2.75) is 19.9 Å². The lowest BCUT2D eigenvalue weighted by Gasteiger charge is -2.20. The third-order valence-corrected chi connectivity index (χ3v) is 4.20. The molecule has 134 valence electrons. The standard InChI is InChI=1S/C16H21ClN6O2/c1-12-19-15(21-25-12)10-22-5-2-6-23(8-7-22)11-16(24)20-14-4-3-13(17)9-18-14/h3-4,9H,2,5-8,10-11H2,1H3,(H,18,20,24). The molecular weight excluding hydrogens is 344 g/mol. The fraction of sp³-hybridized carbons (Fsp3) is 0.500. The van der Waals surface area contributed by atoms with Crippen LogP contribution in [0.3, 0.4) is 0 Å². The van der Waals surface area contributed by atoms with Gasteiger partial charge in [-0.25, -0.2) is 4.98 Å². The predicted molar refractivity (Wildman–Crippen MR) is 93.2 cm³/mol. The summed E-state index contributed by atoms with van der Waals surface area (Å²) in [4.78, 5) is 24.9. The van der Waals surface area contributed by atoms with Gasteiger partial charge in [0.25, 0.3) is 0 Å². The minimum Gasteiger partial charge on any atom is -0.340 e. The third-order valence-electron chi connectivity index (χ3n) is 3.98. The third kappa shape index (κ3) is 5.48. The Labute approximate surface area is 151 Å². The number of hydrogen-bond acceptors (Lipinski definition) is 7. The Balaban J connectivity index is 1.46. The first-order chi connectivity index (χ1) is 12.1. The zero-order valence-electron chi connectivity index (χ0n) is 14.1. The lowest BCUT2D eigenvalue weighted by Crippen LogP contribution is -2.36. The highest BCUT2D eigenvalue weighted by atomic mass is 35.5. The fourth-order valence-corrected chi connectivity index (χ4v) is 2.89. The Bertz CT molecular complexity index is 705. The van der Waals surface area contributed by atoms with E-state index in [1.807, 2.05) is 0 Å². The van der Waals surface area contributed by atoms with Crippen LogP contribution in [0.2, 0.25) is 5.02 Å². The van der Waals surface area contributed by atoms with Crippen molar-refractivity contribution in [2.75, 3.05) is 38.0 Å². The minimum absolute atomic E-state index is 0.0722. The van der Waals surface area contributed by atoms with Gasteiger partial charge in [-0.3, -0.25) is 14.6 Å². The normalized spacial score (nSPS) is 16.6. The summed E-state index contributed by atoms with van der Waals surface area (Å²) in [7, 11) is 0. The van der Waals surface area contributed by atoms with Crippen LogP contribution in [0.25, 0.3) is 0 Å². The molecule has 1 aliphatic heterocycles. The van der Waals surface area contributed by atoms with E-state index in [1.165, 1.54) is 6.20 Å². The van der Waals surface area contributed by atoms with Gasteiger partial charge >= 0.3 is 0 Å². The minimum atomic E-state index is -0.0722. The van der Waals surface area contributed by atoms with Crippen molar-refractivity contribution in [3.63, 3.8) is 0 Å². The summed E-state index contributed by atoms with van der Waals surface area (Å²) in [5.74, 6) is 1.73. The zero-order chi connectivity index (χ0) is 17.6. The summed E-state index contributed by atoms with van der Waals surface area (Å²) in [6.07, 6.45) is 2.50. The van der Waals surface area contributed by atoms with Crippen LogP contribution in [0.5, 0.6) is 0 Å². The number of nitrogens with one attached hydrogen (secondary N) is 1. The van der Waals surface area contributed by atoms with E-state index in [2.05, 4.69) is 30.2 Å².